The lowest BCUT2D eigenvalue weighted by atomic mass is 10.1. The summed E-state index contributed by atoms with van der Waals surface area (Å²) < 4.78 is 13.5. The van der Waals surface area contributed by atoms with Crippen LogP contribution in [0.4, 0.5) is 4.39 Å². The van der Waals surface area contributed by atoms with Crippen molar-refractivity contribution in [1.29, 1.82) is 0 Å². The van der Waals surface area contributed by atoms with Gasteiger partial charge in [0.2, 0.25) is 5.91 Å². The van der Waals surface area contributed by atoms with Crippen LogP contribution in [0.2, 0.25) is 0 Å². The number of hydrogen-bond acceptors (Lipinski definition) is 3. The number of nitrogens with one attached hydrogen (secondary N) is 2. The van der Waals surface area contributed by atoms with Crippen LogP contribution in [0.15, 0.2) is 24.3 Å². The van der Waals surface area contributed by atoms with Gasteiger partial charge in [-0.25, -0.2) is 4.39 Å². The van der Waals surface area contributed by atoms with Gasteiger partial charge in [0, 0.05) is 24.7 Å². The zero-order valence-corrected chi connectivity index (χ0v) is 12.6. The average molecular weight is 293 g/mol. The quantitative estimate of drug-likeness (QED) is 0.836. The van der Waals surface area contributed by atoms with Crippen LogP contribution in [0.1, 0.15) is 25.3 Å². The standard InChI is InChI=1S/C16H24FN3O/c1-2-20(14-7-5-9-18-11-14)12-16(21)19-10-13-6-3-4-8-15(13)17/h3-4,6,8,14,18H,2,5,7,9-12H2,1H3,(H,19,21). The summed E-state index contributed by atoms with van der Waals surface area (Å²) in [5.41, 5.74) is 0.522. The molecule has 1 aliphatic rings. The lowest BCUT2D eigenvalue weighted by Gasteiger charge is -2.33. The fourth-order valence-corrected chi connectivity index (χ4v) is 2.72. The van der Waals surface area contributed by atoms with E-state index in [0.717, 1.165) is 32.5 Å². The molecule has 1 aromatic rings. The fourth-order valence-electron chi connectivity index (χ4n) is 2.72. The summed E-state index contributed by atoms with van der Waals surface area (Å²) in [6.07, 6.45) is 2.28. The van der Waals surface area contributed by atoms with Crippen molar-refractivity contribution >= 4 is 5.91 Å². The topological polar surface area (TPSA) is 44.4 Å². The van der Waals surface area contributed by atoms with Gasteiger partial charge in [-0.05, 0) is 32.0 Å². The molecule has 1 atom stereocenters. The highest BCUT2D eigenvalue weighted by atomic mass is 19.1. The molecule has 1 unspecified atom stereocenters. The van der Waals surface area contributed by atoms with Crippen LogP contribution in [0.5, 0.6) is 0 Å². The minimum atomic E-state index is -0.276. The summed E-state index contributed by atoms with van der Waals surface area (Å²) in [4.78, 5) is 14.2. The molecule has 1 aliphatic heterocycles. The Balaban J connectivity index is 1.81. The largest absolute Gasteiger partial charge is 0.351 e. The predicted octanol–water partition coefficient (Wildman–Crippen LogP) is 1.52. The molecule has 1 heterocycles. The minimum Gasteiger partial charge on any atom is -0.351 e. The zero-order chi connectivity index (χ0) is 15.1. The molecule has 1 aromatic carbocycles. The summed E-state index contributed by atoms with van der Waals surface area (Å²) in [5, 5.41) is 6.17. The Kier molecular flexibility index (Phi) is 6.14. The van der Waals surface area contributed by atoms with E-state index < -0.39 is 0 Å². The van der Waals surface area contributed by atoms with Crippen molar-refractivity contribution in [1.82, 2.24) is 15.5 Å². The molecule has 116 valence electrons. The lowest BCUT2D eigenvalue weighted by Crippen LogP contribution is -2.49. The number of hydrogen-bond donors (Lipinski definition) is 2. The molecular formula is C16H24FN3O. The Bertz CT molecular complexity index is 461. The molecule has 1 amide bonds. The van der Waals surface area contributed by atoms with Gasteiger partial charge in [-0.1, -0.05) is 25.1 Å². The number of carbonyl (C=O) groups excluding carboxylic acids is 1. The monoisotopic (exact) mass is 293 g/mol. The number of rotatable bonds is 6. The van der Waals surface area contributed by atoms with Crippen molar-refractivity contribution in [2.45, 2.75) is 32.4 Å². The van der Waals surface area contributed by atoms with Crippen LogP contribution in [0.25, 0.3) is 0 Å². The summed E-state index contributed by atoms with van der Waals surface area (Å²) in [6, 6.07) is 6.95. The molecule has 0 aliphatic carbocycles. The number of likely N-dealkylation sites (N-methyl/N-ethyl adjacent to an activating group) is 1. The van der Waals surface area contributed by atoms with Crippen molar-refractivity contribution in [3.63, 3.8) is 0 Å². The van der Waals surface area contributed by atoms with E-state index in [2.05, 4.69) is 22.5 Å². The Morgan fingerprint density at radius 2 is 2.29 bits per heavy atom. The van der Waals surface area contributed by atoms with E-state index in [4.69, 9.17) is 0 Å². The highest BCUT2D eigenvalue weighted by molar-refractivity contribution is 5.78. The molecule has 2 N–H and O–H groups in total. The first-order valence-corrected chi connectivity index (χ1v) is 7.65. The van der Waals surface area contributed by atoms with E-state index in [1.54, 1.807) is 18.2 Å². The van der Waals surface area contributed by atoms with Crippen LogP contribution >= 0.6 is 0 Å². The number of piperidine rings is 1. The molecule has 1 fully saturated rings. The molecule has 0 saturated carbocycles. The summed E-state index contributed by atoms with van der Waals surface area (Å²) in [5.74, 6) is -0.327. The third-order valence-corrected chi connectivity index (χ3v) is 3.97. The molecule has 4 nitrogen and oxygen atoms in total. The molecule has 2 rings (SSSR count). The highest BCUT2D eigenvalue weighted by Gasteiger charge is 2.21. The Morgan fingerprint density at radius 3 is 2.95 bits per heavy atom. The highest BCUT2D eigenvalue weighted by Crippen LogP contribution is 2.10. The third kappa shape index (κ3) is 4.79. The number of amides is 1. The van der Waals surface area contributed by atoms with Crippen molar-refractivity contribution < 1.29 is 9.18 Å². The van der Waals surface area contributed by atoms with Gasteiger partial charge >= 0.3 is 0 Å². The van der Waals surface area contributed by atoms with Gasteiger partial charge < -0.3 is 10.6 Å². The van der Waals surface area contributed by atoms with Crippen LogP contribution < -0.4 is 10.6 Å². The third-order valence-electron chi connectivity index (χ3n) is 3.97. The molecule has 21 heavy (non-hydrogen) atoms. The number of carbonyl (C=O) groups is 1. The van der Waals surface area contributed by atoms with Gasteiger partial charge in [0.25, 0.3) is 0 Å². The van der Waals surface area contributed by atoms with Gasteiger partial charge in [0.05, 0.1) is 6.54 Å². The van der Waals surface area contributed by atoms with E-state index in [1.807, 2.05) is 0 Å². The Morgan fingerprint density at radius 1 is 1.48 bits per heavy atom. The van der Waals surface area contributed by atoms with E-state index in [0.29, 0.717) is 18.2 Å². The maximum absolute atomic E-state index is 13.5. The smallest absolute Gasteiger partial charge is 0.234 e. The Hall–Kier alpha value is -1.46. The van der Waals surface area contributed by atoms with Gasteiger partial charge in [-0.15, -0.1) is 0 Å². The van der Waals surface area contributed by atoms with Crippen LogP contribution in [-0.2, 0) is 11.3 Å². The number of benzene rings is 1. The van der Waals surface area contributed by atoms with E-state index in [-0.39, 0.29) is 18.3 Å². The summed E-state index contributed by atoms with van der Waals surface area (Å²) >= 11 is 0. The van der Waals surface area contributed by atoms with E-state index in [9.17, 15) is 9.18 Å². The normalized spacial score (nSPS) is 18.7. The number of nitrogens with zero attached hydrogens (tertiary/aromatic N) is 1. The fraction of sp³-hybridized carbons (Fsp3) is 0.562. The number of halogens is 1. The van der Waals surface area contributed by atoms with Gasteiger partial charge in [-0.3, -0.25) is 9.69 Å². The van der Waals surface area contributed by atoms with Crippen molar-refractivity contribution in [2.75, 3.05) is 26.2 Å². The SMILES string of the molecule is CCN(CC(=O)NCc1ccccc1F)C1CCCNC1. The lowest BCUT2D eigenvalue weighted by molar-refractivity contribution is -0.123. The van der Waals surface area contributed by atoms with Crippen molar-refractivity contribution in [3.05, 3.63) is 35.6 Å². The molecular weight excluding hydrogens is 269 g/mol. The molecule has 0 bridgehead atoms. The van der Waals surface area contributed by atoms with Gasteiger partial charge in [-0.2, -0.15) is 0 Å². The average Bonchev–Trinajstić information content (AvgIpc) is 2.52. The first kappa shape index (κ1) is 15.9. The van der Waals surface area contributed by atoms with Gasteiger partial charge in [0.1, 0.15) is 5.82 Å². The molecule has 0 aromatic heterocycles. The van der Waals surface area contributed by atoms with Crippen LogP contribution in [0.3, 0.4) is 0 Å². The van der Waals surface area contributed by atoms with Crippen LogP contribution in [0, 0.1) is 5.82 Å². The molecule has 1 saturated heterocycles. The second-order valence-electron chi connectivity index (χ2n) is 5.43. The molecule has 0 radical (unpaired) electrons. The maximum atomic E-state index is 13.5. The van der Waals surface area contributed by atoms with E-state index >= 15 is 0 Å². The first-order chi connectivity index (χ1) is 10.2. The summed E-state index contributed by atoms with van der Waals surface area (Å²) in [6.45, 7) is 5.53. The Labute approximate surface area is 125 Å². The second-order valence-corrected chi connectivity index (χ2v) is 5.43. The zero-order valence-electron chi connectivity index (χ0n) is 12.6. The predicted molar refractivity (Wildman–Crippen MR) is 81.4 cm³/mol. The van der Waals surface area contributed by atoms with Crippen molar-refractivity contribution in [3.8, 4) is 0 Å². The first-order valence-electron chi connectivity index (χ1n) is 7.65. The van der Waals surface area contributed by atoms with Crippen molar-refractivity contribution in [2.24, 2.45) is 0 Å². The maximum Gasteiger partial charge on any atom is 0.234 e. The summed E-state index contributed by atoms with van der Waals surface area (Å²) in [7, 11) is 0. The molecule has 0 spiro atoms. The van der Waals surface area contributed by atoms with E-state index in [1.165, 1.54) is 6.07 Å². The van der Waals surface area contributed by atoms with Gasteiger partial charge in [0.15, 0.2) is 0 Å². The second kappa shape index (κ2) is 8.10. The van der Waals surface area contributed by atoms with Crippen LogP contribution in [-0.4, -0.2) is 43.0 Å². The minimum absolute atomic E-state index is 0.0503. The molecule has 5 heteroatoms.